The highest BCUT2D eigenvalue weighted by atomic mass is 32.1. The van der Waals surface area contributed by atoms with Crippen LogP contribution in [-0.4, -0.2) is 76.8 Å². The van der Waals surface area contributed by atoms with Crippen molar-refractivity contribution in [3.8, 4) is 22.2 Å². The largest absolute Gasteiger partial charge is 0.453 e. The van der Waals surface area contributed by atoms with Crippen molar-refractivity contribution in [3.05, 3.63) is 54.2 Å². The fraction of sp³-hybridized carbons (Fsp3) is 0.357. The lowest BCUT2D eigenvalue weighted by molar-refractivity contribution is 0.0383. The Morgan fingerprint density at radius 1 is 1.15 bits per heavy atom. The molecule has 1 aliphatic rings. The molecule has 11 nitrogen and oxygen atoms in total. The summed E-state index contributed by atoms with van der Waals surface area (Å²) in [7, 11) is 1.79. The van der Waals surface area contributed by atoms with E-state index in [1.165, 1.54) is 23.5 Å². The SMILES string of the molecule is CC(C)NC(=O)Nc1ccc(Oc2ccnc3cc(-c4ncc(C(=O)NCCN5CCOCC5)n4C)sc23)c(F)c1. The zero-order chi connectivity index (χ0) is 28.9. The monoisotopic (exact) mass is 581 g/mol. The highest BCUT2D eigenvalue weighted by Gasteiger charge is 2.19. The Morgan fingerprint density at radius 2 is 1.95 bits per heavy atom. The number of thiophene rings is 1. The second kappa shape index (κ2) is 12.6. The Bertz CT molecular complexity index is 1550. The average Bonchev–Trinajstić information content (AvgIpc) is 3.54. The molecule has 3 amide bonds. The van der Waals surface area contributed by atoms with Gasteiger partial charge in [-0.1, -0.05) is 0 Å². The number of urea groups is 1. The van der Waals surface area contributed by atoms with Crippen LogP contribution in [0.15, 0.2) is 42.7 Å². The minimum atomic E-state index is -0.623. The third-order valence-corrected chi connectivity index (χ3v) is 7.60. The number of nitrogens with one attached hydrogen (secondary N) is 3. The van der Waals surface area contributed by atoms with Crippen molar-refractivity contribution in [1.29, 1.82) is 0 Å². The number of nitrogens with zero attached hydrogens (tertiary/aromatic N) is 4. The minimum absolute atomic E-state index is 0.00953. The third kappa shape index (κ3) is 6.81. The standard InChI is InChI=1S/C28H32FN7O4S/c1-17(2)33-28(38)34-18-4-5-22(19(29)14-18)40-23-6-7-30-20-15-24(41-25(20)23)26-32-16-21(35(26)3)27(37)31-8-9-36-10-12-39-13-11-36/h4-7,14-17H,8-13H2,1-3H3,(H,31,37)(H2,33,34,38). The molecule has 0 saturated carbocycles. The van der Waals surface area contributed by atoms with E-state index in [-0.39, 0.29) is 17.7 Å². The fourth-order valence-electron chi connectivity index (χ4n) is 4.41. The van der Waals surface area contributed by atoms with E-state index in [0.717, 1.165) is 24.5 Å². The number of ether oxygens (including phenoxy) is 2. The first-order chi connectivity index (χ1) is 19.8. The molecule has 0 bridgehead atoms. The first kappa shape index (κ1) is 28.5. The van der Waals surface area contributed by atoms with Crippen LogP contribution < -0.4 is 20.7 Å². The van der Waals surface area contributed by atoms with E-state index in [2.05, 4.69) is 30.8 Å². The Hall–Kier alpha value is -4.07. The molecule has 3 N–H and O–H groups in total. The second-order valence-corrected chi connectivity index (χ2v) is 10.9. The average molecular weight is 582 g/mol. The number of anilines is 1. The Balaban J connectivity index is 1.29. The van der Waals surface area contributed by atoms with Crippen molar-refractivity contribution in [3.63, 3.8) is 0 Å². The molecule has 3 aromatic heterocycles. The van der Waals surface area contributed by atoms with Gasteiger partial charge in [0, 0.05) is 63.3 Å². The summed E-state index contributed by atoms with van der Waals surface area (Å²) >= 11 is 1.39. The topological polar surface area (TPSA) is 123 Å². The minimum Gasteiger partial charge on any atom is -0.453 e. The second-order valence-electron chi connectivity index (χ2n) is 9.87. The maximum Gasteiger partial charge on any atom is 0.319 e. The lowest BCUT2D eigenvalue weighted by atomic mass is 10.3. The van der Waals surface area contributed by atoms with Gasteiger partial charge in [0.05, 0.1) is 34.5 Å². The van der Waals surface area contributed by atoms with Crippen LogP contribution in [0.25, 0.3) is 20.9 Å². The number of benzene rings is 1. The summed E-state index contributed by atoms with van der Waals surface area (Å²) in [6.07, 6.45) is 3.14. The number of morpholine rings is 1. The molecule has 216 valence electrons. The highest BCUT2D eigenvalue weighted by Crippen LogP contribution is 2.39. The first-order valence-electron chi connectivity index (χ1n) is 13.3. The van der Waals surface area contributed by atoms with Gasteiger partial charge >= 0.3 is 6.03 Å². The van der Waals surface area contributed by atoms with Crippen LogP contribution in [0, 0.1) is 5.82 Å². The molecule has 0 unspecified atom stereocenters. The summed E-state index contributed by atoms with van der Waals surface area (Å²) in [6.45, 7) is 8.12. The number of hydrogen-bond donors (Lipinski definition) is 3. The first-order valence-corrected chi connectivity index (χ1v) is 14.1. The quantitative estimate of drug-likeness (QED) is 0.271. The van der Waals surface area contributed by atoms with E-state index in [0.29, 0.717) is 52.9 Å². The predicted molar refractivity (Wildman–Crippen MR) is 155 cm³/mol. The summed E-state index contributed by atoms with van der Waals surface area (Å²) < 4.78 is 28.6. The van der Waals surface area contributed by atoms with E-state index in [9.17, 15) is 14.0 Å². The number of aromatic nitrogens is 3. The van der Waals surface area contributed by atoms with E-state index in [4.69, 9.17) is 9.47 Å². The Labute approximate surface area is 240 Å². The van der Waals surface area contributed by atoms with E-state index in [1.54, 1.807) is 36.1 Å². The zero-order valence-corrected chi connectivity index (χ0v) is 23.9. The zero-order valence-electron chi connectivity index (χ0n) is 23.1. The molecular weight excluding hydrogens is 549 g/mol. The van der Waals surface area contributed by atoms with Crippen molar-refractivity contribution in [2.75, 3.05) is 44.7 Å². The number of hydrogen-bond acceptors (Lipinski definition) is 8. The molecular formula is C28H32FN7O4S. The summed E-state index contributed by atoms with van der Waals surface area (Å²) in [5.41, 5.74) is 1.41. The van der Waals surface area contributed by atoms with Gasteiger partial charge in [-0.05, 0) is 32.0 Å². The van der Waals surface area contributed by atoms with Gasteiger partial charge in [-0.2, -0.15) is 0 Å². The summed E-state index contributed by atoms with van der Waals surface area (Å²) in [6, 6.07) is 7.30. The maximum atomic E-state index is 14.9. The lowest BCUT2D eigenvalue weighted by Gasteiger charge is -2.26. The molecule has 0 spiro atoms. The van der Waals surface area contributed by atoms with Gasteiger partial charge in [0.25, 0.3) is 5.91 Å². The summed E-state index contributed by atoms with van der Waals surface area (Å²) in [5.74, 6) is 0.230. The molecule has 41 heavy (non-hydrogen) atoms. The van der Waals surface area contributed by atoms with Crippen molar-refractivity contribution in [2.24, 2.45) is 7.05 Å². The molecule has 0 atom stereocenters. The third-order valence-electron chi connectivity index (χ3n) is 6.46. The van der Waals surface area contributed by atoms with Crippen molar-refractivity contribution >= 4 is 39.2 Å². The lowest BCUT2D eigenvalue weighted by Crippen LogP contribution is -2.41. The van der Waals surface area contributed by atoms with Crippen molar-refractivity contribution in [2.45, 2.75) is 19.9 Å². The van der Waals surface area contributed by atoms with Gasteiger partial charge in [-0.25, -0.2) is 14.2 Å². The maximum absolute atomic E-state index is 14.9. The predicted octanol–water partition coefficient (Wildman–Crippen LogP) is 4.22. The van der Waals surface area contributed by atoms with Crippen LogP contribution in [0.5, 0.6) is 11.5 Å². The van der Waals surface area contributed by atoms with Gasteiger partial charge in [-0.3, -0.25) is 14.7 Å². The van der Waals surface area contributed by atoms with Crippen LogP contribution in [0.1, 0.15) is 24.3 Å². The van der Waals surface area contributed by atoms with Gasteiger partial charge in [-0.15, -0.1) is 11.3 Å². The molecule has 1 aliphatic heterocycles. The molecule has 1 saturated heterocycles. The van der Waals surface area contributed by atoms with Crippen LogP contribution in [-0.2, 0) is 11.8 Å². The number of fused-ring (bicyclic) bond motifs is 1. The van der Waals surface area contributed by atoms with Gasteiger partial charge in [0.15, 0.2) is 11.6 Å². The highest BCUT2D eigenvalue weighted by molar-refractivity contribution is 7.22. The number of rotatable bonds is 9. The molecule has 1 fully saturated rings. The van der Waals surface area contributed by atoms with E-state index < -0.39 is 11.8 Å². The van der Waals surface area contributed by atoms with Gasteiger partial charge in [0.2, 0.25) is 0 Å². The number of pyridine rings is 1. The number of carbonyl (C=O) groups is 2. The number of imidazole rings is 1. The van der Waals surface area contributed by atoms with Crippen LogP contribution in [0.4, 0.5) is 14.9 Å². The van der Waals surface area contributed by atoms with Crippen LogP contribution in [0.3, 0.4) is 0 Å². The summed E-state index contributed by atoms with van der Waals surface area (Å²) in [4.78, 5) is 36.7. The summed E-state index contributed by atoms with van der Waals surface area (Å²) in [5, 5.41) is 8.26. The van der Waals surface area contributed by atoms with Crippen molar-refractivity contribution < 1.29 is 23.5 Å². The molecule has 0 radical (unpaired) electrons. The van der Waals surface area contributed by atoms with Gasteiger partial charge < -0.3 is 30.0 Å². The smallest absolute Gasteiger partial charge is 0.319 e. The molecule has 5 rings (SSSR count). The number of carbonyl (C=O) groups excluding carboxylic acids is 2. The van der Waals surface area contributed by atoms with E-state index >= 15 is 0 Å². The van der Waals surface area contributed by atoms with E-state index in [1.807, 2.05) is 19.9 Å². The number of amides is 3. The number of halogens is 1. The molecule has 0 aliphatic carbocycles. The molecule has 4 heterocycles. The fourth-order valence-corrected chi connectivity index (χ4v) is 5.50. The Morgan fingerprint density at radius 3 is 2.71 bits per heavy atom. The van der Waals surface area contributed by atoms with Crippen LogP contribution >= 0.6 is 11.3 Å². The molecule has 1 aromatic carbocycles. The Kier molecular flexibility index (Phi) is 8.76. The van der Waals surface area contributed by atoms with Crippen LogP contribution in [0.2, 0.25) is 0 Å². The van der Waals surface area contributed by atoms with Crippen molar-refractivity contribution in [1.82, 2.24) is 30.1 Å². The molecule has 13 heteroatoms. The normalized spacial score (nSPS) is 13.9. The molecule has 4 aromatic rings. The van der Waals surface area contributed by atoms with Gasteiger partial charge in [0.1, 0.15) is 17.3 Å².